The van der Waals surface area contributed by atoms with E-state index in [0.717, 1.165) is 18.7 Å². The van der Waals surface area contributed by atoms with Gasteiger partial charge < -0.3 is 10.6 Å². The van der Waals surface area contributed by atoms with Crippen LogP contribution in [0.25, 0.3) is 0 Å². The van der Waals surface area contributed by atoms with Gasteiger partial charge in [0.15, 0.2) is 0 Å². The molecule has 162 valence electrons. The molecule has 6 heteroatoms. The predicted molar refractivity (Wildman–Crippen MR) is 123 cm³/mol. The molecule has 0 saturated heterocycles. The van der Waals surface area contributed by atoms with E-state index in [2.05, 4.69) is 41.5 Å². The van der Waals surface area contributed by atoms with E-state index in [9.17, 15) is 9.59 Å². The fourth-order valence-corrected chi connectivity index (χ4v) is 3.73. The number of carbonyl (C=O) groups excluding carboxylic acids is 2. The molecule has 2 aromatic carbocycles. The third-order valence-corrected chi connectivity index (χ3v) is 5.59. The smallest absolute Gasteiger partial charge is 0.253 e. The van der Waals surface area contributed by atoms with Crippen molar-refractivity contribution in [3.63, 3.8) is 0 Å². The van der Waals surface area contributed by atoms with Gasteiger partial charge in [-0.15, -0.1) is 0 Å². The zero-order valence-electron chi connectivity index (χ0n) is 18.2. The molecule has 2 N–H and O–H groups in total. The van der Waals surface area contributed by atoms with Crippen LogP contribution in [0.1, 0.15) is 49.7 Å². The fraction of sp³-hybridized carbons (Fsp3) is 0.417. The van der Waals surface area contributed by atoms with E-state index in [0.29, 0.717) is 17.1 Å². The highest BCUT2D eigenvalue weighted by molar-refractivity contribution is 6.33. The molecular weight excluding hydrogens is 398 g/mol. The van der Waals surface area contributed by atoms with Crippen LogP contribution in [0.5, 0.6) is 0 Å². The molecule has 0 bridgehead atoms. The molecule has 0 aliphatic carbocycles. The summed E-state index contributed by atoms with van der Waals surface area (Å²) in [7, 11) is 0. The number of hydrogen-bond acceptors (Lipinski definition) is 3. The highest BCUT2D eigenvalue weighted by Gasteiger charge is 2.27. The van der Waals surface area contributed by atoms with E-state index >= 15 is 0 Å². The molecular formula is C24H32ClN3O2. The zero-order chi connectivity index (χ0) is 22.1. The summed E-state index contributed by atoms with van der Waals surface area (Å²) in [5.41, 5.74) is 1.52. The summed E-state index contributed by atoms with van der Waals surface area (Å²) in [6, 6.07) is 16.4. The van der Waals surface area contributed by atoms with Gasteiger partial charge in [-0.05, 0) is 36.7 Å². The van der Waals surface area contributed by atoms with Gasteiger partial charge in [0.05, 0.1) is 16.6 Å². The topological polar surface area (TPSA) is 61.4 Å². The average molecular weight is 430 g/mol. The molecule has 5 nitrogen and oxygen atoms in total. The SMILES string of the molecule is CCN(CC)C(CNC(=O)C(NC(=O)c1ccccc1Cl)C(C)C)c1ccccc1. The number of carbonyl (C=O) groups is 2. The second kappa shape index (κ2) is 11.7. The molecule has 30 heavy (non-hydrogen) atoms. The second-order valence-electron chi connectivity index (χ2n) is 7.57. The molecule has 0 aliphatic heterocycles. The lowest BCUT2D eigenvalue weighted by Gasteiger charge is -2.31. The highest BCUT2D eigenvalue weighted by Crippen LogP contribution is 2.20. The number of nitrogens with zero attached hydrogens (tertiary/aromatic N) is 1. The summed E-state index contributed by atoms with van der Waals surface area (Å²) in [5, 5.41) is 6.26. The standard InChI is InChI=1S/C24H32ClN3O2/c1-5-28(6-2)21(18-12-8-7-9-13-18)16-26-24(30)22(17(3)4)27-23(29)19-14-10-11-15-20(19)25/h7-15,17,21-22H,5-6,16H2,1-4H3,(H,26,30)(H,27,29). The van der Waals surface area contributed by atoms with Gasteiger partial charge in [-0.3, -0.25) is 14.5 Å². The Bertz CT molecular complexity index is 822. The van der Waals surface area contributed by atoms with Crippen LogP contribution in [0.2, 0.25) is 5.02 Å². The van der Waals surface area contributed by atoms with Crippen molar-refractivity contribution in [3.8, 4) is 0 Å². The van der Waals surface area contributed by atoms with Gasteiger partial charge in [-0.25, -0.2) is 0 Å². The normalized spacial score (nSPS) is 13.2. The summed E-state index contributed by atoms with van der Waals surface area (Å²) in [4.78, 5) is 28.0. The van der Waals surface area contributed by atoms with E-state index < -0.39 is 6.04 Å². The first-order valence-corrected chi connectivity index (χ1v) is 10.9. The van der Waals surface area contributed by atoms with Crippen LogP contribution in [-0.2, 0) is 4.79 Å². The van der Waals surface area contributed by atoms with Crippen LogP contribution in [0, 0.1) is 5.92 Å². The number of hydrogen-bond donors (Lipinski definition) is 2. The summed E-state index contributed by atoms with van der Waals surface area (Å²) >= 11 is 6.13. The lowest BCUT2D eigenvalue weighted by Crippen LogP contribution is -2.51. The van der Waals surface area contributed by atoms with E-state index in [1.165, 1.54) is 0 Å². The Morgan fingerprint density at radius 3 is 2.13 bits per heavy atom. The zero-order valence-corrected chi connectivity index (χ0v) is 18.9. The molecule has 0 aliphatic rings. The third-order valence-electron chi connectivity index (χ3n) is 5.26. The summed E-state index contributed by atoms with van der Waals surface area (Å²) < 4.78 is 0. The largest absolute Gasteiger partial charge is 0.352 e. The monoisotopic (exact) mass is 429 g/mol. The van der Waals surface area contributed by atoms with Crippen molar-refractivity contribution in [3.05, 3.63) is 70.7 Å². The third kappa shape index (κ3) is 6.31. The van der Waals surface area contributed by atoms with Crippen LogP contribution in [-0.4, -0.2) is 42.4 Å². The number of halogens is 1. The average Bonchev–Trinajstić information content (AvgIpc) is 2.75. The van der Waals surface area contributed by atoms with Crippen LogP contribution >= 0.6 is 11.6 Å². The predicted octanol–water partition coefficient (Wildman–Crippen LogP) is 4.29. The molecule has 2 rings (SSSR count). The highest BCUT2D eigenvalue weighted by atomic mass is 35.5. The molecule has 0 aromatic heterocycles. The molecule has 2 unspecified atom stereocenters. The maximum absolute atomic E-state index is 13.0. The maximum atomic E-state index is 13.0. The van der Waals surface area contributed by atoms with Gasteiger partial charge >= 0.3 is 0 Å². The molecule has 2 amide bonds. The van der Waals surface area contributed by atoms with Gasteiger partial charge in [0.2, 0.25) is 5.91 Å². The number of benzene rings is 2. The Hall–Kier alpha value is -2.37. The van der Waals surface area contributed by atoms with Crippen LogP contribution in [0.3, 0.4) is 0 Å². The number of amides is 2. The molecule has 2 atom stereocenters. The second-order valence-corrected chi connectivity index (χ2v) is 7.98. The fourth-order valence-electron chi connectivity index (χ4n) is 3.50. The van der Waals surface area contributed by atoms with Gasteiger partial charge in [0.1, 0.15) is 6.04 Å². The number of likely N-dealkylation sites (N-methyl/N-ethyl adjacent to an activating group) is 1. The quantitative estimate of drug-likeness (QED) is 0.592. The minimum absolute atomic E-state index is 0.0669. The van der Waals surface area contributed by atoms with Crippen molar-refractivity contribution >= 4 is 23.4 Å². The summed E-state index contributed by atoms with van der Waals surface area (Å²) in [6.45, 7) is 10.3. The minimum Gasteiger partial charge on any atom is -0.352 e. The van der Waals surface area contributed by atoms with Gasteiger partial charge in [-0.1, -0.05) is 81.8 Å². The molecule has 0 heterocycles. The first kappa shape index (κ1) is 23.9. The van der Waals surface area contributed by atoms with Crippen molar-refractivity contribution in [2.75, 3.05) is 19.6 Å². The minimum atomic E-state index is -0.651. The molecule has 0 radical (unpaired) electrons. The maximum Gasteiger partial charge on any atom is 0.253 e. The lowest BCUT2D eigenvalue weighted by molar-refractivity contribution is -0.124. The lowest BCUT2D eigenvalue weighted by atomic mass is 10.0. The van der Waals surface area contributed by atoms with Gasteiger partial charge in [0, 0.05) is 6.54 Å². The molecule has 2 aromatic rings. The van der Waals surface area contributed by atoms with Crippen molar-refractivity contribution in [2.45, 2.75) is 39.8 Å². The molecule has 0 spiro atoms. The first-order valence-electron chi connectivity index (χ1n) is 10.5. The van der Waals surface area contributed by atoms with Crippen molar-refractivity contribution in [1.82, 2.24) is 15.5 Å². The number of nitrogens with one attached hydrogen (secondary N) is 2. The summed E-state index contributed by atoms with van der Waals surface area (Å²) in [6.07, 6.45) is 0. The Labute approximate surface area is 184 Å². The Morgan fingerprint density at radius 1 is 0.967 bits per heavy atom. The van der Waals surface area contributed by atoms with Crippen LogP contribution in [0.4, 0.5) is 0 Å². The van der Waals surface area contributed by atoms with Crippen molar-refractivity contribution in [2.24, 2.45) is 5.92 Å². The van der Waals surface area contributed by atoms with E-state index in [-0.39, 0.29) is 23.8 Å². The first-order chi connectivity index (χ1) is 14.4. The van der Waals surface area contributed by atoms with Crippen LogP contribution in [0.15, 0.2) is 54.6 Å². The summed E-state index contributed by atoms with van der Waals surface area (Å²) in [5.74, 6) is -0.614. The molecule has 0 saturated carbocycles. The Balaban J connectivity index is 2.11. The van der Waals surface area contributed by atoms with E-state index in [4.69, 9.17) is 11.6 Å². The van der Waals surface area contributed by atoms with E-state index in [1.54, 1.807) is 24.3 Å². The van der Waals surface area contributed by atoms with Gasteiger partial charge in [0.25, 0.3) is 5.91 Å². The number of rotatable bonds is 10. The Morgan fingerprint density at radius 2 is 1.57 bits per heavy atom. The van der Waals surface area contributed by atoms with E-state index in [1.807, 2.05) is 32.0 Å². The van der Waals surface area contributed by atoms with Crippen molar-refractivity contribution < 1.29 is 9.59 Å². The Kier molecular flexibility index (Phi) is 9.34. The van der Waals surface area contributed by atoms with Crippen LogP contribution < -0.4 is 10.6 Å². The van der Waals surface area contributed by atoms with Gasteiger partial charge in [-0.2, -0.15) is 0 Å². The molecule has 0 fully saturated rings. The van der Waals surface area contributed by atoms with Crippen molar-refractivity contribution in [1.29, 1.82) is 0 Å².